The van der Waals surface area contributed by atoms with E-state index in [1.807, 2.05) is 13.8 Å². The Bertz CT molecular complexity index is 702. The van der Waals surface area contributed by atoms with Gasteiger partial charge in [-0.1, -0.05) is 18.2 Å². The first-order chi connectivity index (χ1) is 9.99. The normalized spacial score (nSPS) is 11.3. The van der Waals surface area contributed by atoms with Gasteiger partial charge < -0.3 is 5.32 Å². The number of anilines is 1. The molecule has 7 heteroatoms. The molecule has 0 aliphatic carbocycles. The molecule has 2 rings (SSSR count). The summed E-state index contributed by atoms with van der Waals surface area (Å²) < 4.78 is 26.5. The van der Waals surface area contributed by atoms with Crippen LogP contribution in [0.3, 0.4) is 0 Å². The Hall–Kier alpha value is -1.99. The lowest BCUT2D eigenvalue weighted by Gasteiger charge is -2.10. The monoisotopic (exact) mass is 306 g/mol. The maximum absolute atomic E-state index is 12.0. The van der Waals surface area contributed by atoms with E-state index in [0.717, 1.165) is 11.4 Å². The van der Waals surface area contributed by atoms with Crippen molar-refractivity contribution in [1.82, 2.24) is 14.7 Å². The number of aryl methyl sites for hydroxylation is 2. The summed E-state index contributed by atoms with van der Waals surface area (Å²) in [5.41, 5.74) is 1.60. The van der Waals surface area contributed by atoms with Gasteiger partial charge in [0.05, 0.1) is 16.3 Å². The van der Waals surface area contributed by atoms with Crippen LogP contribution in [-0.4, -0.2) is 31.5 Å². The summed E-state index contributed by atoms with van der Waals surface area (Å²) in [6, 6.07) is 8.29. The van der Waals surface area contributed by atoms with Crippen molar-refractivity contribution in [2.45, 2.75) is 18.7 Å². The smallest absolute Gasteiger partial charge is 0.240 e. The standard InChI is InChI=1S/C14H18N4O2S/c1-11-10-16-12(2)14(18-11)15-8-9-17-21(19,20)13-6-4-3-5-7-13/h3-7,10,17H,8-9H2,1-2H3,(H,15,18). The lowest BCUT2D eigenvalue weighted by atomic mass is 10.4. The Kier molecular flexibility index (Phi) is 4.87. The summed E-state index contributed by atoms with van der Waals surface area (Å²) in [7, 11) is -3.46. The molecule has 2 aromatic rings. The highest BCUT2D eigenvalue weighted by Crippen LogP contribution is 2.08. The number of aromatic nitrogens is 2. The Labute approximate surface area is 124 Å². The molecule has 0 amide bonds. The molecular formula is C14H18N4O2S. The van der Waals surface area contributed by atoms with Crippen LogP contribution in [-0.2, 0) is 10.0 Å². The quantitative estimate of drug-likeness (QED) is 0.790. The molecule has 0 unspecified atom stereocenters. The van der Waals surface area contributed by atoms with Gasteiger partial charge in [-0.05, 0) is 26.0 Å². The SMILES string of the molecule is Cc1cnc(C)c(NCCNS(=O)(=O)c2ccccc2)n1. The van der Waals surface area contributed by atoms with E-state index in [1.54, 1.807) is 36.5 Å². The molecule has 112 valence electrons. The van der Waals surface area contributed by atoms with Crippen LogP contribution in [0, 0.1) is 13.8 Å². The van der Waals surface area contributed by atoms with Gasteiger partial charge in [0.1, 0.15) is 5.82 Å². The minimum Gasteiger partial charge on any atom is -0.367 e. The van der Waals surface area contributed by atoms with Crippen molar-refractivity contribution in [2.75, 3.05) is 18.4 Å². The topological polar surface area (TPSA) is 84.0 Å². The van der Waals surface area contributed by atoms with Gasteiger partial charge in [0.2, 0.25) is 10.0 Å². The second-order valence-corrected chi connectivity index (χ2v) is 6.35. The largest absolute Gasteiger partial charge is 0.367 e. The van der Waals surface area contributed by atoms with Crippen LogP contribution in [0.5, 0.6) is 0 Å². The van der Waals surface area contributed by atoms with Crippen molar-refractivity contribution in [3.05, 3.63) is 47.9 Å². The van der Waals surface area contributed by atoms with E-state index in [9.17, 15) is 8.42 Å². The van der Waals surface area contributed by atoms with Crippen molar-refractivity contribution in [3.8, 4) is 0 Å². The van der Waals surface area contributed by atoms with Gasteiger partial charge in [0.15, 0.2) is 0 Å². The van der Waals surface area contributed by atoms with Gasteiger partial charge in [-0.3, -0.25) is 4.98 Å². The minimum atomic E-state index is -3.46. The summed E-state index contributed by atoms with van der Waals surface area (Å²) in [5.74, 6) is 0.675. The van der Waals surface area contributed by atoms with Crippen LogP contribution in [0.1, 0.15) is 11.4 Å². The van der Waals surface area contributed by atoms with E-state index in [1.165, 1.54) is 0 Å². The molecule has 0 fully saturated rings. The van der Waals surface area contributed by atoms with Gasteiger partial charge in [-0.2, -0.15) is 0 Å². The fourth-order valence-corrected chi connectivity index (χ4v) is 2.81. The lowest BCUT2D eigenvalue weighted by Crippen LogP contribution is -2.29. The van der Waals surface area contributed by atoms with Crippen molar-refractivity contribution in [2.24, 2.45) is 0 Å². The first-order valence-electron chi connectivity index (χ1n) is 6.58. The van der Waals surface area contributed by atoms with Crippen LogP contribution in [0.2, 0.25) is 0 Å². The highest BCUT2D eigenvalue weighted by molar-refractivity contribution is 7.89. The molecule has 0 atom stereocenters. The molecule has 0 spiro atoms. The summed E-state index contributed by atoms with van der Waals surface area (Å²) in [6.45, 7) is 4.41. The van der Waals surface area contributed by atoms with Gasteiger partial charge in [0, 0.05) is 19.3 Å². The highest BCUT2D eigenvalue weighted by Gasteiger charge is 2.12. The molecule has 0 bridgehead atoms. The van der Waals surface area contributed by atoms with E-state index >= 15 is 0 Å². The molecule has 0 aliphatic rings. The zero-order valence-electron chi connectivity index (χ0n) is 12.0. The number of rotatable bonds is 6. The Morgan fingerprint density at radius 2 is 1.81 bits per heavy atom. The summed E-state index contributed by atoms with van der Waals surface area (Å²) in [5, 5.41) is 3.08. The van der Waals surface area contributed by atoms with Gasteiger partial charge in [-0.15, -0.1) is 0 Å². The molecule has 0 saturated carbocycles. The number of nitrogens with zero attached hydrogens (tertiary/aromatic N) is 2. The average molecular weight is 306 g/mol. The molecule has 2 N–H and O–H groups in total. The zero-order valence-corrected chi connectivity index (χ0v) is 12.8. The molecular weight excluding hydrogens is 288 g/mol. The first-order valence-corrected chi connectivity index (χ1v) is 8.06. The maximum atomic E-state index is 12.0. The van der Waals surface area contributed by atoms with E-state index in [4.69, 9.17) is 0 Å². The molecule has 0 saturated heterocycles. The molecule has 0 aliphatic heterocycles. The van der Waals surface area contributed by atoms with Crippen molar-refractivity contribution in [1.29, 1.82) is 0 Å². The van der Waals surface area contributed by atoms with Crippen LogP contribution in [0.25, 0.3) is 0 Å². The second-order valence-electron chi connectivity index (χ2n) is 4.58. The van der Waals surface area contributed by atoms with Crippen molar-refractivity contribution in [3.63, 3.8) is 0 Å². The Balaban J connectivity index is 1.89. The predicted octanol–water partition coefficient (Wildman–Crippen LogP) is 1.48. The molecule has 1 heterocycles. The molecule has 0 radical (unpaired) electrons. The van der Waals surface area contributed by atoms with Crippen LogP contribution >= 0.6 is 0 Å². The number of hydrogen-bond acceptors (Lipinski definition) is 5. The average Bonchev–Trinajstić information content (AvgIpc) is 2.48. The summed E-state index contributed by atoms with van der Waals surface area (Å²) in [4.78, 5) is 8.76. The Morgan fingerprint density at radius 3 is 2.52 bits per heavy atom. The van der Waals surface area contributed by atoms with Gasteiger partial charge >= 0.3 is 0 Å². The van der Waals surface area contributed by atoms with E-state index in [2.05, 4.69) is 20.0 Å². The van der Waals surface area contributed by atoms with E-state index in [0.29, 0.717) is 12.4 Å². The van der Waals surface area contributed by atoms with E-state index in [-0.39, 0.29) is 11.4 Å². The van der Waals surface area contributed by atoms with E-state index < -0.39 is 10.0 Å². The summed E-state index contributed by atoms with van der Waals surface area (Å²) >= 11 is 0. The molecule has 6 nitrogen and oxygen atoms in total. The second kappa shape index (κ2) is 6.64. The van der Waals surface area contributed by atoms with Gasteiger partial charge in [-0.25, -0.2) is 18.1 Å². The van der Waals surface area contributed by atoms with Crippen molar-refractivity contribution >= 4 is 15.8 Å². The summed E-state index contributed by atoms with van der Waals surface area (Å²) in [6.07, 6.45) is 1.69. The van der Waals surface area contributed by atoms with Crippen LogP contribution < -0.4 is 10.0 Å². The Morgan fingerprint density at radius 1 is 1.10 bits per heavy atom. The fourth-order valence-electron chi connectivity index (χ4n) is 1.75. The molecule has 21 heavy (non-hydrogen) atoms. The van der Waals surface area contributed by atoms with Crippen molar-refractivity contribution < 1.29 is 8.42 Å². The number of hydrogen-bond donors (Lipinski definition) is 2. The number of sulfonamides is 1. The first kappa shape index (κ1) is 15.4. The highest BCUT2D eigenvalue weighted by atomic mass is 32.2. The zero-order chi connectivity index (χ0) is 15.3. The predicted molar refractivity (Wildman–Crippen MR) is 81.6 cm³/mol. The van der Waals surface area contributed by atoms with Gasteiger partial charge in [0.25, 0.3) is 0 Å². The third-order valence-corrected chi connectivity index (χ3v) is 4.32. The minimum absolute atomic E-state index is 0.261. The maximum Gasteiger partial charge on any atom is 0.240 e. The third-order valence-electron chi connectivity index (χ3n) is 2.84. The van der Waals surface area contributed by atoms with Crippen LogP contribution in [0.15, 0.2) is 41.4 Å². The third kappa shape index (κ3) is 4.24. The lowest BCUT2D eigenvalue weighted by molar-refractivity contribution is 0.583. The number of nitrogens with one attached hydrogen (secondary N) is 2. The fraction of sp³-hybridized carbons (Fsp3) is 0.286. The number of benzene rings is 1. The van der Waals surface area contributed by atoms with Crippen LogP contribution in [0.4, 0.5) is 5.82 Å². The molecule has 1 aromatic carbocycles. The molecule has 1 aromatic heterocycles.